The number of halogens is 1. The summed E-state index contributed by atoms with van der Waals surface area (Å²) in [5.41, 5.74) is 2.73. The van der Waals surface area contributed by atoms with Gasteiger partial charge in [-0.1, -0.05) is 0 Å². The maximum Gasteiger partial charge on any atom is 0.162 e. The Labute approximate surface area is 151 Å². The molecule has 0 spiro atoms. The van der Waals surface area contributed by atoms with Crippen molar-refractivity contribution in [2.24, 2.45) is 0 Å². The SMILES string of the molecule is Cc1cc(Nc2nc(-c3ccncc3)nc3cc(I)ccc23)[nH]n1. The highest BCUT2D eigenvalue weighted by molar-refractivity contribution is 14.1. The summed E-state index contributed by atoms with van der Waals surface area (Å²) in [7, 11) is 0. The van der Waals surface area contributed by atoms with Gasteiger partial charge in [-0.3, -0.25) is 10.1 Å². The number of fused-ring (bicyclic) bond motifs is 1. The minimum Gasteiger partial charge on any atom is -0.325 e. The number of benzene rings is 1. The van der Waals surface area contributed by atoms with Gasteiger partial charge in [0.05, 0.1) is 11.2 Å². The summed E-state index contributed by atoms with van der Waals surface area (Å²) in [4.78, 5) is 13.5. The van der Waals surface area contributed by atoms with E-state index in [9.17, 15) is 0 Å². The zero-order valence-corrected chi connectivity index (χ0v) is 14.9. The number of H-pyrrole nitrogens is 1. The van der Waals surface area contributed by atoms with E-state index in [4.69, 9.17) is 9.97 Å². The van der Waals surface area contributed by atoms with Crippen molar-refractivity contribution < 1.29 is 0 Å². The Bertz CT molecular complexity index is 1010. The van der Waals surface area contributed by atoms with Crippen molar-refractivity contribution in [3.05, 3.63) is 58.1 Å². The van der Waals surface area contributed by atoms with Crippen LogP contribution in [0.2, 0.25) is 0 Å². The molecule has 0 saturated carbocycles. The number of aryl methyl sites for hydroxylation is 1. The lowest BCUT2D eigenvalue weighted by Gasteiger charge is -2.10. The molecule has 4 aromatic rings. The van der Waals surface area contributed by atoms with E-state index >= 15 is 0 Å². The van der Waals surface area contributed by atoms with Crippen LogP contribution in [0.5, 0.6) is 0 Å². The third-order valence-corrected chi connectivity index (χ3v) is 4.23. The second kappa shape index (κ2) is 6.16. The summed E-state index contributed by atoms with van der Waals surface area (Å²) < 4.78 is 1.13. The second-order valence-electron chi connectivity index (χ2n) is 5.34. The van der Waals surface area contributed by atoms with Crippen LogP contribution in [0.3, 0.4) is 0 Å². The molecule has 0 unspecified atom stereocenters. The van der Waals surface area contributed by atoms with Gasteiger partial charge in [-0.15, -0.1) is 0 Å². The van der Waals surface area contributed by atoms with Crippen LogP contribution in [-0.2, 0) is 0 Å². The third-order valence-electron chi connectivity index (χ3n) is 3.56. The van der Waals surface area contributed by atoms with Crippen molar-refractivity contribution >= 4 is 45.1 Å². The van der Waals surface area contributed by atoms with Crippen LogP contribution in [0.4, 0.5) is 11.6 Å². The minimum absolute atomic E-state index is 0.658. The minimum atomic E-state index is 0.658. The molecule has 0 aliphatic carbocycles. The molecule has 0 amide bonds. The topological polar surface area (TPSA) is 79.4 Å². The molecule has 0 radical (unpaired) electrons. The number of hydrogen-bond donors (Lipinski definition) is 2. The smallest absolute Gasteiger partial charge is 0.162 e. The lowest BCUT2D eigenvalue weighted by Crippen LogP contribution is -2.00. The summed E-state index contributed by atoms with van der Waals surface area (Å²) >= 11 is 2.29. The lowest BCUT2D eigenvalue weighted by molar-refractivity contribution is 1.05. The predicted molar refractivity (Wildman–Crippen MR) is 102 cm³/mol. The highest BCUT2D eigenvalue weighted by atomic mass is 127. The van der Waals surface area contributed by atoms with Crippen molar-refractivity contribution in [3.8, 4) is 11.4 Å². The van der Waals surface area contributed by atoms with E-state index in [1.54, 1.807) is 12.4 Å². The molecule has 6 nitrogen and oxygen atoms in total. The van der Waals surface area contributed by atoms with E-state index in [1.165, 1.54) is 0 Å². The van der Waals surface area contributed by atoms with Crippen LogP contribution in [0.25, 0.3) is 22.3 Å². The number of anilines is 2. The standard InChI is InChI=1S/C17H13IN6/c1-10-8-15(24-23-10)21-17-13-3-2-12(18)9-14(13)20-16(22-17)11-4-6-19-7-5-11/h2-9H,1H3,(H2,20,21,22,23,24). The molecule has 0 saturated heterocycles. The number of aromatic nitrogens is 5. The normalized spacial score (nSPS) is 10.9. The average Bonchev–Trinajstić information content (AvgIpc) is 3.00. The van der Waals surface area contributed by atoms with E-state index in [-0.39, 0.29) is 0 Å². The van der Waals surface area contributed by atoms with Gasteiger partial charge in [0.2, 0.25) is 0 Å². The molecule has 24 heavy (non-hydrogen) atoms. The molecule has 0 atom stereocenters. The number of pyridine rings is 1. The van der Waals surface area contributed by atoms with Gasteiger partial charge in [0, 0.05) is 33.0 Å². The third kappa shape index (κ3) is 2.94. The Morgan fingerprint density at radius 3 is 2.62 bits per heavy atom. The van der Waals surface area contributed by atoms with Crippen molar-refractivity contribution in [2.75, 3.05) is 5.32 Å². The van der Waals surface area contributed by atoms with Gasteiger partial charge in [-0.25, -0.2) is 9.97 Å². The van der Waals surface area contributed by atoms with Gasteiger partial charge in [0.15, 0.2) is 5.82 Å². The zero-order chi connectivity index (χ0) is 16.5. The van der Waals surface area contributed by atoms with Crippen molar-refractivity contribution in [2.45, 2.75) is 6.92 Å². The number of hydrogen-bond acceptors (Lipinski definition) is 5. The van der Waals surface area contributed by atoms with Crippen molar-refractivity contribution in [1.29, 1.82) is 0 Å². The van der Waals surface area contributed by atoms with E-state index in [1.807, 2.05) is 43.3 Å². The first-order valence-electron chi connectivity index (χ1n) is 7.36. The van der Waals surface area contributed by atoms with Gasteiger partial charge in [-0.05, 0) is 59.8 Å². The molecule has 0 fully saturated rings. The molecule has 0 aliphatic rings. The highest BCUT2D eigenvalue weighted by Gasteiger charge is 2.11. The van der Waals surface area contributed by atoms with Crippen LogP contribution in [0.1, 0.15) is 5.69 Å². The Morgan fingerprint density at radius 1 is 1.04 bits per heavy atom. The van der Waals surface area contributed by atoms with Crippen molar-refractivity contribution in [1.82, 2.24) is 25.1 Å². The number of rotatable bonds is 3. The summed E-state index contributed by atoms with van der Waals surface area (Å²) in [6, 6.07) is 11.9. The number of nitrogens with one attached hydrogen (secondary N) is 2. The fourth-order valence-electron chi connectivity index (χ4n) is 2.44. The second-order valence-corrected chi connectivity index (χ2v) is 6.59. The average molecular weight is 428 g/mol. The van der Waals surface area contributed by atoms with Gasteiger partial charge < -0.3 is 5.32 Å². The summed E-state index contributed by atoms with van der Waals surface area (Å²) in [5.74, 6) is 2.20. The quantitative estimate of drug-likeness (QED) is 0.481. The Kier molecular flexibility index (Phi) is 3.85. The summed E-state index contributed by atoms with van der Waals surface area (Å²) in [6.07, 6.45) is 3.48. The molecular weight excluding hydrogens is 415 g/mol. The molecule has 0 bridgehead atoms. The van der Waals surface area contributed by atoms with Gasteiger partial charge in [0.1, 0.15) is 11.6 Å². The predicted octanol–water partition coefficient (Wildman–Crippen LogP) is 4.07. The fourth-order valence-corrected chi connectivity index (χ4v) is 2.92. The molecular formula is C17H13IN6. The summed E-state index contributed by atoms with van der Waals surface area (Å²) in [5, 5.41) is 11.4. The first-order valence-corrected chi connectivity index (χ1v) is 8.44. The van der Waals surface area contributed by atoms with E-state index in [0.717, 1.165) is 37.4 Å². The fraction of sp³-hybridized carbons (Fsp3) is 0.0588. The molecule has 3 heterocycles. The monoisotopic (exact) mass is 428 g/mol. The molecule has 7 heteroatoms. The zero-order valence-electron chi connectivity index (χ0n) is 12.8. The molecule has 0 aliphatic heterocycles. The molecule has 2 N–H and O–H groups in total. The Balaban J connectivity index is 1.89. The highest BCUT2D eigenvalue weighted by Crippen LogP contribution is 2.27. The van der Waals surface area contributed by atoms with Crippen molar-refractivity contribution in [3.63, 3.8) is 0 Å². The van der Waals surface area contributed by atoms with E-state index in [2.05, 4.69) is 43.1 Å². The van der Waals surface area contributed by atoms with E-state index < -0.39 is 0 Å². The van der Waals surface area contributed by atoms with Crippen LogP contribution in [-0.4, -0.2) is 25.1 Å². The van der Waals surface area contributed by atoms with Crippen LogP contribution in [0, 0.1) is 10.5 Å². The first kappa shape index (κ1) is 15.0. The van der Waals surface area contributed by atoms with Gasteiger partial charge in [0.25, 0.3) is 0 Å². The van der Waals surface area contributed by atoms with Gasteiger partial charge in [-0.2, -0.15) is 5.10 Å². The molecule has 1 aromatic carbocycles. The van der Waals surface area contributed by atoms with Crippen LogP contribution >= 0.6 is 22.6 Å². The maximum atomic E-state index is 4.71. The number of aromatic amines is 1. The van der Waals surface area contributed by atoms with Crippen LogP contribution < -0.4 is 5.32 Å². The molecule has 3 aromatic heterocycles. The number of nitrogens with zero attached hydrogens (tertiary/aromatic N) is 4. The summed E-state index contributed by atoms with van der Waals surface area (Å²) in [6.45, 7) is 1.94. The van der Waals surface area contributed by atoms with Crippen LogP contribution in [0.15, 0.2) is 48.8 Å². The van der Waals surface area contributed by atoms with E-state index in [0.29, 0.717) is 5.82 Å². The largest absolute Gasteiger partial charge is 0.325 e. The maximum absolute atomic E-state index is 4.71. The van der Waals surface area contributed by atoms with Gasteiger partial charge >= 0.3 is 0 Å². The molecule has 118 valence electrons. The molecule has 4 rings (SSSR count). The first-order chi connectivity index (χ1) is 11.7. The Morgan fingerprint density at radius 2 is 1.88 bits per heavy atom. The lowest BCUT2D eigenvalue weighted by atomic mass is 10.2. The Hall–Kier alpha value is -2.55.